The second-order valence-corrected chi connectivity index (χ2v) is 17.6. The Morgan fingerprint density at radius 1 is 0.779 bits per heavy atom. The Morgan fingerprint density at radius 3 is 2.01 bits per heavy atom. The number of fused-ring (bicyclic) bond motifs is 1. The van der Waals surface area contributed by atoms with Crippen LogP contribution >= 0.6 is 24.1 Å². The first-order valence-electron chi connectivity index (χ1n) is 18.1. The zero-order chi connectivity index (χ0) is 49.5. The molecule has 0 spiro atoms. The molecule has 2 heterocycles. The van der Waals surface area contributed by atoms with Crippen LogP contribution in [0.5, 0.6) is 5.75 Å². The number of aromatic amines is 1. The molecule has 1 aliphatic rings. The number of allylic oxidation sites excluding steroid dienone is 2. The normalized spacial score (nSPS) is 13.1. The number of nitrogen functional groups attached to an aromatic ring is 1. The van der Waals surface area contributed by atoms with Crippen LogP contribution in [-0.4, -0.2) is 69.6 Å². The molecule has 6 rings (SSSR count). The van der Waals surface area contributed by atoms with E-state index >= 15 is 0 Å². The Morgan fingerprint density at radius 2 is 1.38 bits per heavy atom. The number of phenols is 1. The molecular weight excluding hydrogens is 987 g/mol. The number of urea groups is 2. The van der Waals surface area contributed by atoms with Gasteiger partial charge in [-0.2, -0.15) is 21.8 Å². The van der Waals surface area contributed by atoms with E-state index in [4.69, 9.17) is 16.2 Å². The van der Waals surface area contributed by atoms with Gasteiger partial charge >= 0.3 is 12.1 Å². The highest BCUT2D eigenvalue weighted by molar-refractivity contribution is 7.95. The van der Waals surface area contributed by atoms with Crippen molar-refractivity contribution in [2.24, 2.45) is 25.4 Å². The zero-order valence-corrected chi connectivity index (χ0v) is 37.4. The number of nitrogens with two attached hydrogens (primary N) is 1. The molecule has 33 heteroatoms. The molecule has 4 aromatic carbocycles. The van der Waals surface area contributed by atoms with Gasteiger partial charge in [0.05, 0.1) is 50.6 Å². The number of azo groups is 2. The second kappa shape index (κ2) is 21.0. The van der Waals surface area contributed by atoms with Crippen LogP contribution in [0.25, 0.3) is 10.8 Å². The first-order valence-corrected chi connectivity index (χ1v) is 22.4. The summed E-state index contributed by atoms with van der Waals surface area (Å²) in [5, 5.41) is 64.2. The molecule has 13 N–H and O–H groups in total. The molecule has 0 unspecified atom stereocenters. The first-order chi connectivity index (χ1) is 32.1. The quantitative estimate of drug-likeness (QED) is 0.0127. The average Bonchev–Trinajstić information content (AvgIpc) is 3.23. The lowest BCUT2D eigenvalue weighted by Gasteiger charge is -2.16. The number of H-pyrrole nitrogens is 1. The molecule has 0 bridgehead atoms. The highest BCUT2D eigenvalue weighted by Crippen LogP contribution is 2.50. The minimum atomic E-state index is -5.24. The number of nitrogens with one attached hydrogen (secondary N) is 6. The van der Waals surface area contributed by atoms with Crippen LogP contribution in [0, 0.1) is 6.92 Å². The fraction of sp³-hybridized carbons (Fsp3) is 0.0571. The van der Waals surface area contributed by atoms with Gasteiger partial charge in [-0.15, -0.1) is 29.1 Å². The Hall–Kier alpha value is -7.41. The van der Waals surface area contributed by atoms with Gasteiger partial charge < -0.3 is 31.8 Å². The number of carbonyl (C=O) groups excluding carboxylic acids is 2. The van der Waals surface area contributed by atoms with Crippen LogP contribution in [0.15, 0.2) is 128 Å². The van der Waals surface area contributed by atoms with Gasteiger partial charge in [-0.3, -0.25) is 24.5 Å². The highest BCUT2D eigenvalue weighted by Gasteiger charge is 2.26. The predicted octanol–water partition coefficient (Wildman–Crippen LogP) is 6.84. The number of hydrogen-bond acceptors (Lipinski definition) is 24. The van der Waals surface area contributed by atoms with E-state index in [2.05, 4.69) is 87.3 Å². The molecule has 0 aliphatic carbocycles. The largest absolute Gasteiger partial charge is 0.505 e. The monoisotopic (exact) mass is 1020 g/mol. The van der Waals surface area contributed by atoms with Crippen molar-refractivity contribution in [3.63, 3.8) is 0 Å². The molecular formula is C35H31N13O16S4. The fourth-order valence-electron chi connectivity index (χ4n) is 5.83. The maximum absolute atomic E-state index is 12.8. The molecule has 0 radical (unpaired) electrons. The third-order valence-electron chi connectivity index (χ3n) is 8.42. The third kappa shape index (κ3) is 12.5. The minimum Gasteiger partial charge on any atom is -0.505 e. The number of nitrogens with zero attached hydrogens (tertiary/aromatic N) is 6. The van der Waals surface area contributed by atoms with Crippen molar-refractivity contribution in [2.75, 3.05) is 21.7 Å². The number of aromatic hydroxyl groups is 1. The van der Waals surface area contributed by atoms with Crippen molar-refractivity contribution in [3.05, 3.63) is 94.7 Å². The number of hydrogen-bond donors (Lipinski definition) is 12. The Kier molecular flexibility index (Phi) is 15.5. The maximum atomic E-state index is 12.8. The molecule has 4 amide bonds. The van der Waals surface area contributed by atoms with E-state index in [0.717, 1.165) is 30.3 Å². The van der Waals surface area contributed by atoms with Crippen molar-refractivity contribution in [2.45, 2.75) is 33.4 Å². The summed E-state index contributed by atoms with van der Waals surface area (Å²) in [7, 11) is -10.3. The zero-order valence-electron chi connectivity index (χ0n) is 34.1. The van der Waals surface area contributed by atoms with Gasteiger partial charge in [0, 0.05) is 28.8 Å². The third-order valence-corrected chi connectivity index (χ3v) is 11.5. The highest BCUT2D eigenvalue weighted by atomic mass is 32.2. The molecule has 0 saturated heterocycles. The van der Waals surface area contributed by atoms with E-state index in [1.807, 2.05) is 0 Å². The summed E-state index contributed by atoms with van der Waals surface area (Å²) < 4.78 is 79.7. The van der Waals surface area contributed by atoms with Crippen LogP contribution in [0.1, 0.15) is 12.6 Å². The number of anilines is 4. The number of amides is 4. The summed E-state index contributed by atoms with van der Waals surface area (Å²) in [6.45, 7) is 6.97. The molecule has 0 fully saturated rings. The van der Waals surface area contributed by atoms with Gasteiger partial charge in [-0.05, 0) is 73.8 Å². The van der Waals surface area contributed by atoms with Crippen molar-refractivity contribution in [1.82, 2.24) is 20.6 Å². The number of aliphatic imine (C=N–C) groups is 1. The van der Waals surface area contributed by atoms with Crippen molar-refractivity contribution in [3.8, 4) is 5.75 Å². The van der Waals surface area contributed by atoms with Crippen LogP contribution < -0.4 is 37.9 Å². The Labute approximate surface area is 388 Å². The summed E-state index contributed by atoms with van der Waals surface area (Å²) >= 11 is 0.536. The maximum Gasteiger partial charge on any atom is 0.326 e. The van der Waals surface area contributed by atoms with E-state index in [9.17, 15) is 45.4 Å². The standard InChI is InChI=1S/C35H31N13O16S4/c1-14-8-15(2)38-32(37-14)43-34(51)40-18-4-6-22(65-63-61-53)20(12-18)45-48-30-25(68(58,59)60)11-17-10-23(66-64-62-54)29(31(50)27(17)28(30)36)47-46-21-13-19(5-7-24(21)67(55,56)57)41-35(52)44-33-39-16(3)9-26(49)42-33/h4-13,50,53-54H,1,36H2,2-3H3,(H,55,56,57)(H,58,59,60)(H3,37,38,40,43,51)(H3,39,41,42,44,49,52)/b47-46+,48-45+. The van der Waals surface area contributed by atoms with Gasteiger partial charge in [-0.25, -0.2) is 25.1 Å². The van der Waals surface area contributed by atoms with Crippen LogP contribution in [0.3, 0.4) is 0 Å². The molecule has 1 aliphatic heterocycles. The minimum absolute atomic E-state index is 0.0269. The van der Waals surface area contributed by atoms with Crippen molar-refractivity contribution >= 4 is 119 Å². The molecule has 5 aromatic rings. The number of carbonyl (C=O) groups is 2. The van der Waals surface area contributed by atoms with Gasteiger partial charge in [-0.1, -0.05) is 16.7 Å². The molecule has 1 aromatic heterocycles. The number of guanidine groups is 1. The summed E-state index contributed by atoms with van der Waals surface area (Å²) in [5.41, 5.74) is 4.05. The van der Waals surface area contributed by atoms with Gasteiger partial charge in [0.15, 0.2) is 5.75 Å². The number of aromatic nitrogens is 2. The van der Waals surface area contributed by atoms with Crippen molar-refractivity contribution in [1.29, 1.82) is 0 Å². The van der Waals surface area contributed by atoms with E-state index in [1.165, 1.54) is 31.2 Å². The van der Waals surface area contributed by atoms with Gasteiger partial charge in [0.1, 0.15) is 32.5 Å². The number of benzene rings is 4. The van der Waals surface area contributed by atoms with Gasteiger partial charge in [0.2, 0.25) is 11.9 Å². The summed E-state index contributed by atoms with van der Waals surface area (Å²) in [6.07, 6.45) is 1.63. The van der Waals surface area contributed by atoms with E-state index in [0.29, 0.717) is 29.1 Å². The number of aryl methyl sites for hydroxylation is 1. The Balaban J connectivity index is 1.42. The lowest BCUT2D eigenvalue weighted by atomic mass is 10.1. The van der Waals surface area contributed by atoms with Crippen LogP contribution in [0.2, 0.25) is 0 Å². The fourth-order valence-corrected chi connectivity index (χ4v) is 8.01. The van der Waals surface area contributed by atoms with E-state index in [1.54, 1.807) is 13.0 Å². The molecule has 0 saturated carbocycles. The molecule has 356 valence electrons. The molecule has 0 atom stereocenters. The summed E-state index contributed by atoms with van der Waals surface area (Å²) in [5.74, 6) is -1.13. The van der Waals surface area contributed by atoms with Crippen LogP contribution in [-0.2, 0) is 39.0 Å². The smallest absolute Gasteiger partial charge is 0.326 e. The molecule has 68 heavy (non-hydrogen) atoms. The molecule has 29 nitrogen and oxygen atoms in total. The van der Waals surface area contributed by atoms with E-state index < -0.39 is 81.5 Å². The number of phenolic OH excluding ortho intramolecular Hbond substituents is 1. The second-order valence-electron chi connectivity index (χ2n) is 13.3. The average molecular weight is 1020 g/mol. The summed E-state index contributed by atoms with van der Waals surface area (Å²) in [6, 6.07) is 7.96. The summed E-state index contributed by atoms with van der Waals surface area (Å²) in [4.78, 5) is 45.5. The van der Waals surface area contributed by atoms with Gasteiger partial charge in [0.25, 0.3) is 25.8 Å². The van der Waals surface area contributed by atoms with Crippen LogP contribution in [0.4, 0.5) is 55.3 Å². The first kappa shape index (κ1) is 50.0. The lowest BCUT2D eigenvalue weighted by molar-refractivity contribution is -0.432. The topological polar surface area (TPSA) is 434 Å². The van der Waals surface area contributed by atoms with Crippen molar-refractivity contribution < 1.29 is 69.9 Å². The lowest BCUT2D eigenvalue weighted by Crippen LogP contribution is -2.43. The predicted molar refractivity (Wildman–Crippen MR) is 240 cm³/mol. The number of rotatable bonds is 15. The Bertz CT molecular complexity index is 3290. The SMILES string of the molecule is C=C1C=C(C)NC(NC(=O)Nc2ccc(SOOO)c(/N=N/c3c(S(=O)(=O)O)cc4cc(SOOO)c(/N=N/c5cc(NC(=O)Nc6nc(=O)cc(C)[nH]6)ccc5S(=O)(=O)O)c(O)c4c3N)c2)=N1. The van der Waals surface area contributed by atoms with E-state index in [-0.39, 0.29) is 56.2 Å².